The highest BCUT2D eigenvalue weighted by Crippen LogP contribution is 2.34. The van der Waals surface area contributed by atoms with E-state index in [1.165, 1.54) is 12.8 Å². The number of nitrogens with one attached hydrogen (secondary N) is 2. The van der Waals surface area contributed by atoms with Crippen molar-refractivity contribution < 1.29 is 9.15 Å². The fraction of sp³-hybridized carbons (Fsp3) is 0.529. The number of H-pyrrole nitrogens is 1. The van der Waals surface area contributed by atoms with E-state index in [4.69, 9.17) is 20.8 Å². The van der Waals surface area contributed by atoms with Crippen LogP contribution in [0.1, 0.15) is 12.8 Å². The van der Waals surface area contributed by atoms with E-state index < -0.39 is 5.76 Å². The van der Waals surface area contributed by atoms with E-state index in [-0.39, 0.29) is 5.89 Å². The number of ether oxygens (including phenoxy) is 1. The minimum Gasteiger partial charge on any atom is -0.492 e. The molecule has 1 aliphatic heterocycles. The highest BCUT2D eigenvalue weighted by molar-refractivity contribution is 6.32. The van der Waals surface area contributed by atoms with Crippen molar-refractivity contribution in [3.63, 3.8) is 0 Å². The van der Waals surface area contributed by atoms with Crippen LogP contribution in [0, 0.1) is 5.92 Å². The van der Waals surface area contributed by atoms with Crippen LogP contribution in [0.4, 0.5) is 0 Å². The van der Waals surface area contributed by atoms with Crippen LogP contribution < -0.4 is 15.8 Å². The molecule has 1 aromatic carbocycles. The highest BCUT2D eigenvalue weighted by Gasteiger charge is 2.34. The van der Waals surface area contributed by atoms with Crippen LogP contribution in [0.15, 0.2) is 27.4 Å². The molecule has 2 fully saturated rings. The zero-order chi connectivity index (χ0) is 17.2. The molecule has 8 heteroatoms. The Labute approximate surface area is 150 Å². The van der Waals surface area contributed by atoms with E-state index in [1.807, 2.05) is 0 Å². The van der Waals surface area contributed by atoms with Crippen LogP contribution in [0.25, 0.3) is 11.5 Å². The van der Waals surface area contributed by atoms with Crippen molar-refractivity contribution in [1.29, 1.82) is 0 Å². The molecule has 2 heterocycles. The molecular formula is C17H21ClN4O3. The summed E-state index contributed by atoms with van der Waals surface area (Å²) in [5.74, 6) is 0.799. The molecule has 25 heavy (non-hydrogen) atoms. The van der Waals surface area contributed by atoms with Crippen molar-refractivity contribution in [1.82, 2.24) is 20.4 Å². The van der Waals surface area contributed by atoms with Gasteiger partial charge >= 0.3 is 5.76 Å². The minimum absolute atomic E-state index is 0.230. The van der Waals surface area contributed by atoms with Gasteiger partial charge in [-0.3, -0.25) is 4.90 Å². The summed E-state index contributed by atoms with van der Waals surface area (Å²) < 4.78 is 10.9. The van der Waals surface area contributed by atoms with Crippen molar-refractivity contribution in [3.8, 4) is 17.2 Å². The molecule has 1 aliphatic carbocycles. The first kappa shape index (κ1) is 16.6. The number of piperazine rings is 1. The van der Waals surface area contributed by atoms with Gasteiger partial charge in [0.1, 0.15) is 5.75 Å². The highest BCUT2D eigenvalue weighted by atomic mass is 35.5. The summed E-state index contributed by atoms with van der Waals surface area (Å²) in [4.78, 5) is 13.7. The fourth-order valence-corrected chi connectivity index (χ4v) is 3.66. The Morgan fingerprint density at radius 1 is 1.32 bits per heavy atom. The molecule has 0 bridgehead atoms. The molecule has 2 aromatic rings. The summed E-state index contributed by atoms with van der Waals surface area (Å²) in [6.07, 6.45) is 2.34. The average molecular weight is 365 g/mol. The summed E-state index contributed by atoms with van der Waals surface area (Å²) in [7, 11) is 0. The number of rotatable bonds is 5. The topological polar surface area (TPSA) is 83.4 Å². The van der Waals surface area contributed by atoms with Crippen LogP contribution in [-0.4, -0.2) is 53.9 Å². The molecule has 1 saturated carbocycles. The van der Waals surface area contributed by atoms with Gasteiger partial charge in [-0.25, -0.2) is 9.89 Å². The third kappa shape index (κ3) is 3.73. The van der Waals surface area contributed by atoms with Gasteiger partial charge in [0, 0.05) is 37.8 Å². The molecular weight excluding hydrogens is 344 g/mol. The van der Waals surface area contributed by atoms with Crippen LogP contribution >= 0.6 is 11.6 Å². The predicted molar refractivity (Wildman–Crippen MR) is 94.0 cm³/mol. The Morgan fingerprint density at radius 2 is 2.12 bits per heavy atom. The largest absolute Gasteiger partial charge is 0.492 e. The molecule has 0 atom stereocenters. The first-order valence-corrected chi connectivity index (χ1v) is 9.00. The smallest absolute Gasteiger partial charge is 0.434 e. The lowest BCUT2D eigenvalue weighted by atomic mass is 9.79. The van der Waals surface area contributed by atoms with Gasteiger partial charge in [0.15, 0.2) is 0 Å². The van der Waals surface area contributed by atoms with E-state index in [1.54, 1.807) is 18.2 Å². The number of aromatic nitrogens is 2. The van der Waals surface area contributed by atoms with Crippen molar-refractivity contribution in [3.05, 3.63) is 33.8 Å². The second-order valence-corrected chi connectivity index (χ2v) is 7.06. The van der Waals surface area contributed by atoms with E-state index in [2.05, 4.69) is 20.4 Å². The summed E-state index contributed by atoms with van der Waals surface area (Å²) in [5.41, 5.74) is 0.657. The van der Waals surface area contributed by atoms with Gasteiger partial charge in [0.05, 0.1) is 11.6 Å². The molecule has 4 rings (SSSR count). The molecule has 7 nitrogen and oxygen atoms in total. The van der Waals surface area contributed by atoms with Crippen LogP contribution in [0.3, 0.4) is 0 Å². The molecule has 1 saturated heterocycles. The Morgan fingerprint density at radius 3 is 2.84 bits per heavy atom. The van der Waals surface area contributed by atoms with Gasteiger partial charge in [0.2, 0.25) is 5.89 Å². The van der Waals surface area contributed by atoms with Gasteiger partial charge in [0.25, 0.3) is 0 Å². The number of hydrogen-bond donors (Lipinski definition) is 2. The molecule has 0 spiro atoms. The summed E-state index contributed by atoms with van der Waals surface area (Å²) in [6.45, 7) is 5.10. The molecule has 0 unspecified atom stereocenters. The Kier molecular flexibility index (Phi) is 4.78. The third-order valence-corrected chi connectivity index (χ3v) is 5.28. The number of benzene rings is 1. The monoisotopic (exact) mass is 364 g/mol. The predicted octanol–water partition coefficient (Wildman–Crippen LogP) is 1.75. The van der Waals surface area contributed by atoms with Crippen LogP contribution in [-0.2, 0) is 0 Å². The first-order valence-electron chi connectivity index (χ1n) is 8.62. The molecule has 2 aliphatic rings. The first-order chi connectivity index (χ1) is 12.2. The van der Waals surface area contributed by atoms with Gasteiger partial charge in [-0.2, -0.15) is 0 Å². The molecule has 1 aromatic heterocycles. The van der Waals surface area contributed by atoms with E-state index >= 15 is 0 Å². The zero-order valence-electron chi connectivity index (χ0n) is 13.8. The van der Waals surface area contributed by atoms with Crippen molar-refractivity contribution >= 4 is 11.6 Å². The number of hydrogen-bond acceptors (Lipinski definition) is 6. The second-order valence-electron chi connectivity index (χ2n) is 6.65. The maximum absolute atomic E-state index is 11.1. The average Bonchev–Trinajstić information content (AvgIpc) is 3.02. The van der Waals surface area contributed by atoms with Crippen molar-refractivity contribution in [2.24, 2.45) is 5.92 Å². The molecule has 0 amide bonds. The number of aromatic amines is 1. The van der Waals surface area contributed by atoms with E-state index in [0.717, 1.165) is 26.2 Å². The lowest BCUT2D eigenvalue weighted by Gasteiger charge is -2.44. The quantitative estimate of drug-likeness (QED) is 0.841. The summed E-state index contributed by atoms with van der Waals surface area (Å²) >= 11 is 6.22. The second kappa shape index (κ2) is 7.19. The van der Waals surface area contributed by atoms with E-state index in [9.17, 15) is 4.79 Å². The standard InChI is InChI=1S/C17H21ClN4O3/c18-14-2-1-12(16-20-21-17(23)25-16)9-15(14)24-10-11-7-13(8-11)22-5-3-19-4-6-22/h1-2,9,11,13,19H,3-8,10H2,(H,21,23)/t11-,13+. The van der Waals surface area contributed by atoms with Gasteiger partial charge < -0.3 is 14.5 Å². The van der Waals surface area contributed by atoms with Crippen molar-refractivity contribution in [2.75, 3.05) is 32.8 Å². The number of halogens is 1. The van der Waals surface area contributed by atoms with Crippen LogP contribution in [0.5, 0.6) is 5.75 Å². The SMILES string of the molecule is O=c1[nH]nc(-c2ccc(Cl)c(OC[C@H]3C[C@@H](N4CCNCC4)C3)c2)o1. The van der Waals surface area contributed by atoms with Gasteiger partial charge in [-0.15, -0.1) is 5.10 Å². The van der Waals surface area contributed by atoms with E-state index in [0.29, 0.717) is 34.9 Å². The zero-order valence-corrected chi connectivity index (χ0v) is 14.6. The van der Waals surface area contributed by atoms with Gasteiger partial charge in [-0.05, 0) is 37.0 Å². The summed E-state index contributed by atoms with van der Waals surface area (Å²) in [6, 6.07) is 5.92. The maximum Gasteiger partial charge on any atom is 0.434 e. The molecule has 2 N–H and O–H groups in total. The van der Waals surface area contributed by atoms with Crippen LogP contribution in [0.2, 0.25) is 5.02 Å². The Bertz CT molecular complexity index is 778. The molecule has 134 valence electrons. The van der Waals surface area contributed by atoms with Gasteiger partial charge in [-0.1, -0.05) is 11.6 Å². The lowest BCUT2D eigenvalue weighted by molar-refractivity contribution is 0.0442. The lowest BCUT2D eigenvalue weighted by Crippen LogP contribution is -2.53. The fourth-order valence-electron chi connectivity index (χ4n) is 3.49. The Balaban J connectivity index is 1.33. The summed E-state index contributed by atoms with van der Waals surface area (Å²) in [5, 5.41) is 10.0. The maximum atomic E-state index is 11.1. The molecule has 0 radical (unpaired) electrons. The number of nitrogens with zero attached hydrogens (tertiary/aromatic N) is 2. The van der Waals surface area contributed by atoms with Crippen molar-refractivity contribution in [2.45, 2.75) is 18.9 Å². The normalized spacial score (nSPS) is 24.0. The third-order valence-electron chi connectivity index (χ3n) is 4.97. The Hall–Kier alpha value is -1.83. The minimum atomic E-state index is -0.583.